The molecular weight excluding hydrogens is 328 g/mol. The summed E-state index contributed by atoms with van der Waals surface area (Å²) in [7, 11) is 2.93. The maximum Gasteiger partial charge on any atom is 0.338 e. The third kappa shape index (κ3) is 6.33. The van der Waals surface area contributed by atoms with Crippen molar-refractivity contribution in [1.29, 1.82) is 0 Å². The lowest BCUT2D eigenvalue weighted by Gasteiger charge is -2.14. The van der Waals surface area contributed by atoms with Crippen molar-refractivity contribution in [3.63, 3.8) is 0 Å². The zero-order chi connectivity index (χ0) is 18.8. The van der Waals surface area contributed by atoms with Crippen molar-refractivity contribution in [2.45, 2.75) is 26.3 Å². The number of hydrogen-bond donors (Lipinski definition) is 2. The van der Waals surface area contributed by atoms with E-state index in [1.165, 1.54) is 26.4 Å². The van der Waals surface area contributed by atoms with E-state index >= 15 is 0 Å². The van der Waals surface area contributed by atoms with Crippen molar-refractivity contribution in [2.24, 2.45) is 0 Å². The molecule has 2 N–H and O–H groups in total. The number of amides is 2. The van der Waals surface area contributed by atoms with Gasteiger partial charge >= 0.3 is 5.97 Å². The molecule has 0 heterocycles. The van der Waals surface area contributed by atoms with E-state index in [0.29, 0.717) is 18.0 Å². The van der Waals surface area contributed by atoms with Crippen molar-refractivity contribution in [2.75, 3.05) is 27.4 Å². The molecule has 0 aliphatic carbocycles. The van der Waals surface area contributed by atoms with Crippen LogP contribution < -0.4 is 20.1 Å². The van der Waals surface area contributed by atoms with E-state index in [9.17, 15) is 14.4 Å². The smallest absolute Gasteiger partial charge is 0.338 e. The van der Waals surface area contributed by atoms with Gasteiger partial charge in [0.05, 0.1) is 19.8 Å². The molecule has 0 saturated heterocycles. The molecule has 0 aromatic heterocycles. The molecule has 0 unspecified atom stereocenters. The van der Waals surface area contributed by atoms with Crippen molar-refractivity contribution in [1.82, 2.24) is 10.6 Å². The second-order valence-electron chi connectivity index (χ2n) is 5.23. The Bertz CT molecular complexity index is 617. The van der Waals surface area contributed by atoms with Crippen molar-refractivity contribution in [3.05, 3.63) is 23.8 Å². The molecule has 8 nitrogen and oxygen atoms in total. The average Bonchev–Trinajstić information content (AvgIpc) is 2.63. The largest absolute Gasteiger partial charge is 0.493 e. The van der Waals surface area contributed by atoms with Gasteiger partial charge < -0.3 is 24.8 Å². The number of methoxy groups -OCH3 is 2. The monoisotopic (exact) mass is 352 g/mol. The van der Waals surface area contributed by atoms with Gasteiger partial charge in [-0.3, -0.25) is 9.59 Å². The normalized spacial score (nSPS) is 11.2. The minimum atomic E-state index is -0.709. The molecule has 0 saturated carbocycles. The summed E-state index contributed by atoms with van der Waals surface area (Å²) in [4.78, 5) is 35.4. The molecule has 0 aliphatic heterocycles. The van der Waals surface area contributed by atoms with E-state index in [1.54, 1.807) is 13.0 Å². The number of carbonyl (C=O) groups excluding carboxylic acids is 3. The Morgan fingerprint density at radius 2 is 1.80 bits per heavy atom. The fraction of sp³-hybridized carbons (Fsp3) is 0.471. The van der Waals surface area contributed by atoms with E-state index < -0.39 is 24.5 Å². The van der Waals surface area contributed by atoms with Crippen LogP contribution in [-0.4, -0.2) is 51.2 Å². The van der Waals surface area contributed by atoms with Crippen LogP contribution >= 0.6 is 0 Å². The predicted molar refractivity (Wildman–Crippen MR) is 90.7 cm³/mol. The molecule has 1 atom stereocenters. The van der Waals surface area contributed by atoms with Gasteiger partial charge in [-0.15, -0.1) is 0 Å². The molecule has 138 valence electrons. The molecular formula is C17H24N2O6. The van der Waals surface area contributed by atoms with E-state index in [4.69, 9.17) is 14.2 Å². The lowest BCUT2D eigenvalue weighted by molar-refractivity contribution is -0.130. The van der Waals surface area contributed by atoms with Crippen LogP contribution in [0.25, 0.3) is 0 Å². The second kappa shape index (κ2) is 10.2. The van der Waals surface area contributed by atoms with Crippen LogP contribution in [-0.2, 0) is 14.3 Å². The maximum atomic E-state index is 12.0. The minimum absolute atomic E-state index is 0.221. The maximum absolute atomic E-state index is 12.0. The number of carbonyl (C=O) groups is 3. The number of hydrogen-bond acceptors (Lipinski definition) is 6. The van der Waals surface area contributed by atoms with E-state index in [0.717, 1.165) is 6.42 Å². The third-order valence-electron chi connectivity index (χ3n) is 3.27. The highest BCUT2D eigenvalue weighted by molar-refractivity contribution is 5.93. The van der Waals surface area contributed by atoms with Gasteiger partial charge in [0.15, 0.2) is 18.1 Å². The van der Waals surface area contributed by atoms with Crippen LogP contribution in [0.5, 0.6) is 11.5 Å². The van der Waals surface area contributed by atoms with Gasteiger partial charge in [-0.25, -0.2) is 4.79 Å². The van der Waals surface area contributed by atoms with Crippen LogP contribution in [0.1, 0.15) is 30.6 Å². The molecule has 0 fully saturated rings. The zero-order valence-electron chi connectivity index (χ0n) is 14.9. The molecule has 0 bridgehead atoms. The fourth-order valence-electron chi connectivity index (χ4n) is 1.93. The van der Waals surface area contributed by atoms with Gasteiger partial charge in [0.1, 0.15) is 6.04 Å². The molecule has 1 aromatic carbocycles. The number of esters is 1. The summed E-state index contributed by atoms with van der Waals surface area (Å²) in [5.41, 5.74) is 0.221. The Hall–Kier alpha value is -2.77. The highest BCUT2D eigenvalue weighted by Crippen LogP contribution is 2.27. The van der Waals surface area contributed by atoms with Crippen LogP contribution in [0.2, 0.25) is 0 Å². The number of ether oxygens (including phenoxy) is 3. The molecule has 0 aliphatic rings. The first-order chi connectivity index (χ1) is 11.9. The summed E-state index contributed by atoms with van der Waals surface area (Å²) in [5, 5.41) is 5.13. The summed E-state index contributed by atoms with van der Waals surface area (Å²) in [5.74, 6) is -0.681. The number of benzene rings is 1. The lowest BCUT2D eigenvalue weighted by atomic mass is 10.2. The van der Waals surface area contributed by atoms with Gasteiger partial charge in [0.2, 0.25) is 5.91 Å². The van der Waals surface area contributed by atoms with Crippen LogP contribution in [0.15, 0.2) is 18.2 Å². The van der Waals surface area contributed by atoms with E-state index in [2.05, 4.69) is 10.6 Å². The quantitative estimate of drug-likeness (QED) is 0.640. The summed E-state index contributed by atoms with van der Waals surface area (Å²) in [6.07, 6.45) is 0.801. The number of nitrogens with one attached hydrogen (secondary N) is 2. The second-order valence-corrected chi connectivity index (χ2v) is 5.23. The van der Waals surface area contributed by atoms with Crippen molar-refractivity contribution < 1.29 is 28.6 Å². The van der Waals surface area contributed by atoms with Gasteiger partial charge in [-0.1, -0.05) is 6.92 Å². The van der Waals surface area contributed by atoms with Crippen molar-refractivity contribution >= 4 is 17.8 Å². The standard InChI is InChI=1S/C17H24N2O6/c1-5-8-18-16(21)11(2)19-15(20)10-25-17(22)12-6-7-13(23-3)14(9-12)24-4/h6-7,9,11H,5,8,10H2,1-4H3,(H,18,21)(H,19,20)/t11-/m1/s1. The molecule has 2 amide bonds. The highest BCUT2D eigenvalue weighted by Gasteiger charge is 2.17. The van der Waals surface area contributed by atoms with Crippen LogP contribution in [0, 0.1) is 0 Å². The Kier molecular flexibility index (Phi) is 8.25. The highest BCUT2D eigenvalue weighted by atomic mass is 16.5. The van der Waals surface area contributed by atoms with Crippen LogP contribution in [0.3, 0.4) is 0 Å². The zero-order valence-corrected chi connectivity index (χ0v) is 14.9. The van der Waals surface area contributed by atoms with Gasteiger partial charge in [-0.2, -0.15) is 0 Å². The summed E-state index contributed by atoms with van der Waals surface area (Å²) < 4.78 is 15.1. The third-order valence-corrected chi connectivity index (χ3v) is 3.27. The first-order valence-electron chi connectivity index (χ1n) is 7.89. The topological polar surface area (TPSA) is 103 Å². The molecule has 0 spiro atoms. The molecule has 1 rings (SSSR count). The summed E-state index contributed by atoms with van der Waals surface area (Å²) >= 11 is 0. The first-order valence-corrected chi connectivity index (χ1v) is 7.89. The number of rotatable bonds is 9. The van der Waals surface area contributed by atoms with Crippen LogP contribution in [0.4, 0.5) is 0 Å². The van der Waals surface area contributed by atoms with Gasteiger partial charge in [0, 0.05) is 6.54 Å². The average molecular weight is 352 g/mol. The van der Waals surface area contributed by atoms with E-state index in [1.807, 2.05) is 6.92 Å². The summed E-state index contributed by atoms with van der Waals surface area (Å²) in [6, 6.07) is 3.82. The Balaban J connectivity index is 2.53. The molecule has 1 aromatic rings. The van der Waals surface area contributed by atoms with Crippen molar-refractivity contribution in [3.8, 4) is 11.5 Å². The SMILES string of the molecule is CCCNC(=O)[C@@H](C)NC(=O)COC(=O)c1ccc(OC)c(OC)c1. The van der Waals surface area contributed by atoms with E-state index in [-0.39, 0.29) is 11.5 Å². The van der Waals surface area contributed by atoms with Gasteiger partial charge in [0.25, 0.3) is 5.91 Å². The first kappa shape index (κ1) is 20.3. The summed E-state index contributed by atoms with van der Waals surface area (Å²) in [6.45, 7) is 3.53. The molecule has 8 heteroatoms. The fourth-order valence-corrected chi connectivity index (χ4v) is 1.93. The van der Waals surface area contributed by atoms with Gasteiger partial charge in [-0.05, 0) is 31.5 Å². The lowest BCUT2D eigenvalue weighted by Crippen LogP contribution is -2.46. The Labute approximate surface area is 146 Å². The molecule has 25 heavy (non-hydrogen) atoms. The predicted octanol–water partition coefficient (Wildman–Crippen LogP) is 0.892. The minimum Gasteiger partial charge on any atom is -0.493 e. The Morgan fingerprint density at radius 1 is 1.12 bits per heavy atom. The Morgan fingerprint density at radius 3 is 2.40 bits per heavy atom. The molecule has 0 radical (unpaired) electrons.